The normalized spacial score (nSPS) is 10.3. The fourth-order valence-corrected chi connectivity index (χ4v) is 2.69. The molecule has 2 rings (SSSR count). The second kappa shape index (κ2) is 10.4. The number of benzene rings is 2. The predicted octanol–water partition coefficient (Wildman–Crippen LogP) is 4.62. The first-order valence-electron chi connectivity index (χ1n) is 9.37. The van der Waals surface area contributed by atoms with Crippen LogP contribution in [-0.4, -0.2) is 25.2 Å². The van der Waals surface area contributed by atoms with Gasteiger partial charge in [0.15, 0.2) is 0 Å². The highest BCUT2D eigenvalue weighted by molar-refractivity contribution is 5.92. The molecule has 0 radical (unpaired) electrons. The minimum Gasteiger partial charge on any atom is -0.462 e. The third-order valence-corrected chi connectivity index (χ3v) is 4.29. The first-order chi connectivity index (χ1) is 13.0. The summed E-state index contributed by atoms with van der Waals surface area (Å²) >= 11 is 0. The van der Waals surface area contributed by atoms with Crippen molar-refractivity contribution in [2.45, 2.75) is 40.0 Å². The molecule has 0 spiro atoms. The Balaban J connectivity index is 1.77. The van der Waals surface area contributed by atoms with Crippen molar-refractivity contribution >= 4 is 17.7 Å². The zero-order chi connectivity index (χ0) is 19.6. The van der Waals surface area contributed by atoms with Gasteiger partial charge in [0.05, 0.1) is 12.2 Å². The van der Waals surface area contributed by atoms with Crippen molar-refractivity contribution in [3.63, 3.8) is 0 Å². The molecule has 0 aromatic heterocycles. The summed E-state index contributed by atoms with van der Waals surface area (Å²) in [5.74, 6) is -0.340. The first kappa shape index (κ1) is 20.5. The molecule has 5 nitrogen and oxygen atoms in total. The van der Waals surface area contributed by atoms with E-state index in [9.17, 15) is 9.59 Å². The standard InChI is InChI=1S/C22H28N2O3/c1-4-5-14-27-21(25)19-8-10-20(11-9-19)24-22(26)23-13-12-18-7-6-16(2)15-17(18)3/h6-11,15H,4-5,12-14H2,1-3H3,(H2,23,24,26). The first-order valence-corrected chi connectivity index (χ1v) is 9.37. The van der Waals surface area contributed by atoms with E-state index < -0.39 is 0 Å². The molecule has 0 saturated heterocycles. The quantitative estimate of drug-likeness (QED) is 0.527. The summed E-state index contributed by atoms with van der Waals surface area (Å²) in [6.07, 6.45) is 2.62. The third kappa shape index (κ3) is 6.77. The van der Waals surface area contributed by atoms with Gasteiger partial charge in [0, 0.05) is 12.2 Å². The number of amides is 2. The second-order valence-electron chi connectivity index (χ2n) is 6.63. The number of carbonyl (C=O) groups excluding carboxylic acids is 2. The highest BCUT2D eigenvalue weighted by Gasteiger charge is 2.08. The van der Waals surface area contributed by atoms with E-state index in [1.165, 1.54) is 16.7 Å². The number of urea groups is 1. The lowest BCUT2D eigenvalue weighted by Gasteiger charge is -2.10. The van der Waals surface area contributed by atoms with Crippen LogP contribution in [0.4, 0.5) is 10.5 Å². The Kier molecular flexibility index (Phi) is 7.86. The average molecular weight is 368 g/mol. The third-order valence-electron chi connectivity index (χ3n) is 4.29. The lowest BCUT2D eigenvalue weighted by atomic mass is 10.0. The van der Waals surface area contributed by atoms with Crippen molar-refractivity contribution < 1.29 is 14.3 Å². The Labute approximate surface area is 161 Å². The van der Waals surface area contributed by atoms with Crippen molar-refractivity contribution in [1.82, 2.24) is 5.32 Å². The van der Waals surface area contributed by atoms with Crippen LogP contribution in [0.25, 0.3) is 0 Å². The van der Waals surface area contributed by atoms with Crippen LogP contribution in [-0.2, 0) is 11.2 Å². The molecule has 0 fully saturated rings. The molecule has 0 aliphatic carbocycles. The number of unbranched alkanes of at least 4 members (excludes halogenated alkanes) is 1. The van der Waals surface area contributed by atoms with Gasteiger partial charge in [-0.15, -0.1) is 0 Å². The van der Waals surface area contributed by atoms with Gasteiger partial charge in [-0.05, 0) is 62.1 Å². The molecule has 0 bridgehead atoms. The van der Waals surface area contributed by atoms with Crippen LogP contribution in [0.2, 0.25) is 0 Å². The number of esters is 1. The summed E-state index contributed by atoms with van der Waals surface area (Å²) in [5.41, 5.74) is 4.81. The van der Waals surface area contributed by atoms with E-state index in [4.69, 9.17) is 4.74 Å². The average Bonchev–Trinajstić information content (AvgIpc) is 2.64. The van der Waals surface area contributed by atoms with Gasteiger partial charge < -0.3 is 15.4 Å². The van der Waals surface area contributed by atoms with Gasteiger partial charge in [-0.25, -0.2) is 9.59 Å². The summed E-state index contributed by atoms with van der Waals surface area (Å²) in [5, 5.41) is 5.62. The SMILES string of the molecule is CCCCOC(=O)c1ccc(NC(=O)NCCc2ccc(C)cc2C)cc1. The summed E-state index contributed by atoms with van der Waals surface area (Å²) in [6.45, 7) is 7.17. The maximum Gasteiger partial charge on any atom is 0.338 e. The molecular formula is C22H28N2O3. The smallest absolute Gasteiger partial charge is 0.338 e. The number of anilines is 1. The molecule has 2 amide bonds. The molecule has 0 aliphatic rings. The maximum absolute atomic E-state index is 12.0. The number of ether oxygens (including phenoxy) is 1. The Bertz CT molecular complexity index is 770. The summed E-state index contributed by atoms with van der Waals surface area (Å²) < 4.78 is 5.16. The van der Waals surface area contributed by atoms with E-state index >= 15 is 0 Å². The molecule has 2 aromatic carbocycles. The lowest BCUT2D eigenvalue weighted by Crippen LogP contribution is -2.30. The number of nitrogens with one attached hydrogen (secondary N) is 2. The van der Waals surface area contributed by atoms with Crippen molar-refractivity contribution in [1.29, 1.82) is 0 Å². The van der Waals surface area contributed by atoms with Crippen LogP contribution in [0, 0.1) is 13.8 Å². The monoisotopic (exact) mass is 368 g/mol. The van der Waals surface area contributed by atoms with E-state index in [0.29, 0.717) is 24.4 Å². The predicted molar refractivity (Wildman–Crippen MR) is 108 cm³/mol. The molecular weight excluding hydrogens is 340 g/mol. The molecule has 0 heterocycles. The van der Waals surface area contributed by atoms with Crippen molar-refractivity contribution in [2.75, 3.05) is 18.5 Å². The van der Waals surface area contributed by atoms with E-state index in [1.54, 1.807) is 24.3 Å². The number of rotatable bonds is 8. The van der Waals surface area contributed by atoms with Crippen LogP contribution >= 0.6 is 0 Å². The number of hydrogen-bond donors (Lipinski definition) is 2. The van der Waals surface area contributed by atoms with E-state index in [1.807, 2.05) is 6.92 Å². The zero-order valence-electron chi connectivity index (χ0n) is 16.3. The van der Waals surface area contributed by atoms with Crippen LogP contribution < -0.4 is 10.6 Å². The minimum atomic E-state index is -0.340. The molecule has 0 unspecified atom stereocenters. The van der Waals surface area contributed by atoms with Gasteiger partial charge in [0.25, 0.3) is 0 Å². The van der Waals surface area contributed by atoms with Crippen molar-refractivity contribution in [3.05, 3.63) is 64.7 Å². The number of carbonyl (C=O) groups is 2. The Morgan fingerprint density at radius 2 is 1.78 bits per heavy atom. The molecule has 0 aliphatic heterocycles. The largest absolute Gasteiger partial charge is 0.462 e. The van der Waals surface area contributed by atoms with Gasteiger partial charge in [0.1, 0.15) is 0 Å². The molecule has 2 aromatic rings. The Hall–Kier alpha value is -2.82. The lowest BCUT2D eigenvalue weighted by molar-refractivity contribution is 0.0500. The minimum absolute atomic E-state index is 0.266. The van der Waals surface area contributed by atoms with E-state index in [-0.39, 0.29) is 12.0 Å². The summed E-state index contributed by atoms with van der Waals surface area (Å²) in [7, 11) is 0. The topological polar surface area (TPSA) is 67.4 Å². The maximum atomic E-state index is 12.0. The van der Waals surface area contributed by atoms with Gasteiger partial charge in [-0.3, -0.25) is 0 Å². The van der Waals surface area contributed by atoms with Crippen LogP contribution in [0.15, 0.2) is 42.5 Å². The fourth-order valence-electron chi connectivity index (χ4n) is 2.69. The Morgan fingerprint density at radius 1 is 1.04 bits per heavy atom. The van der Waals surface area contributed by atoms with Crippen molar-refractivity contribution in [2.24, 2.45) is 0 Å². The van der Waals surface area contributed by atoms with Gasteiger partial charge in [-0.2, -0.15) is 0 Å². The highest BCUT2D eigenvalue weighted by Crippen LogP contribution is 2.12. The van der Waals surface area contributed by atoms with Gasteiger partial charge in [-0.1, -0.05) is 37.1 Å². The molecule has 27 heavy (non-hydrogen) atoms. The van der Waals surface area contributed by atoms with Gasteiger partial charge in [0.2, 0.25) is 0 Å². The number of hydrogen-bond acceptors (Lipinski definition) is 3. The Morgan fingerprint density at radius 3 is 2.44 bits per heavy atom. The second-order valence-corrected chi connectivity index (χ2v) is 6.63. The summed E-state index contributed by atoms with van der Waals surface area (Å²) in [4.78, 5) is 23.9. The molecule has 144 valence electrons. The van der Waals surface area contributed by atoms with Gasteiger partial charge >= 0.3 is 12.0 Å². The van der Waals surface area contributed by atoms with Crippen LogP contribution in [0.5, 0.6) is 0 Å². The molecule has 0 saturated carbocycles. The summed E-state index contributed by atoms with van der Waals surface area (Å²) in [6, 6.07) is 12.8. The van der Waals surface area contributed by atoms with Crippen LogP contribution in [0.1, 0.15) is 46.8 Å². The van der Waals surface area contributed by atoms with Crippen molar-refractivity contribution in [3.8, 4) is 0 Å². The number of aryl methyl sites for hydroxylation is 2. The fraction of sp³-hybridized carbons (Fsp3) is 0.364. The van der Waals surface area contributed by atoms with E-state index in [0.717, 1.165) is 19.3 Å². The highest BCUT2D eigenvalue weighted by atomic mass is 16.5. The zero-order valence-corrected chi connectivity index (χ0v) is 16.3. The van der Waals surface area contributed by atoms with Crippen LogP contribution in [0.3, 0.4) is 0 Å². The molecule has 2 N–H and O–H groups in total. The molecule has 5 heteroatoms. The molecule has 0 atom stereocenters. The van der Waals surface area contributed by atoms with E-state index in [2.05, 4.69) is 42.7 Å².